The van der Waals surface area contributed by atoms with Crippen LogP contribution in [0.5, 0.6) is 0 Å². The van der Waals surface area contributed by atoms with E-state index in [4.69, 9.17) is 5.73 Å². The van der Waals surface area contributed by atoms with Crippen molar-refractivity contribution in [1.82, 2.24) is 0 Å². The van der Waals surface area contributed by atoms with Crippen molar-refractivity contribution in [3.8, 4) is 0 Å². The molecular weight excluding hydrogens is 298 g/mol. The number of hydrogen-bond donors (Lipinski definition) is 1. The van der Waals surface area contributed by atoms with Crippen LogP contribution in [0.15, 0.2) is 15.9 Å². The van der Waals surface area contributed by atoms with E-state index in [-0.39, 0.29) is 0 Å². The van der Waals surface area contributed by atoms with E-state index in [1.54, 1.807) is 11.3 Å². The predicted molar refractivity (Wildman–Crippen MR) is 77.3 cm³/mol. The Morgan fingerprint density at radius 1 is 1.47 bits per heavy atom. The van der Waals surface area contributed by atoms with E-state index in [0.29, 0.717) is 37.0 Å². The highest BCUT2D eigenvalue weighted by molar-refractivity contribution is 9.11. The summed E-state index contributed by atoms with van der Waals surface area (Å²) in [5, 5.41) is 0. The minimum absolute atomic E-state index is 0.301. The van der Waals surface area contributed by atoms with E-state index >= 15 is 0 Å². The van der Waals surface area contributed by atoms with Crippen LogP contribution >= 0.6 is 27.3 Å². The molecule has 0 fully saturated rings. The lowest BCUT2D eigenvalue weighted by Crippen LogP contribution is -2.20. The van der Waals surface area contributed by atoms with Crippen LogP contribution in [-0.2, 0) is 11.2 Å². The third-order valence-electron chi connectivity index (χ3n) is 2.65. The van der Waals surface area contributed by atoms with Crippen molar-refractivity contribution < 1.29 is 4.79 Å². The van der Waals surface area contributed by atoms with E-state index < -0.39 is 0 Å². The van der Waals surface area contributed by atoms with Crippen LogP contribution in [0.4, 0.5) is 0 Å². The fourth-order valence-electron chi connectivity index (χ4n) is 1.96. The Kier molecular flexibility index (Phi) is 6.38. The van der Waals surface area contributed by atoms with E-state index in [9.17, 15) is 4.79 Å². The van der Waals surface area contributed by atoms with Crippen molar-refractivity contribution in [1.29, 1.82) is 0 Å². The fourth-order valence-corrected chi connectivity index (χ4v) is 3.48. The molecule has 1 aromatic rings. The molecule has 0 saturated heterocycles. The van der Waals surface area contributed by atoms with Crippen LogP contribution in [0.3, 0.4) is 0 Å². The molecule has 1 atom stereocenters. The monoisotopic (exact) mass is 317 g/mol. The Hall–Kier alpha value is -0.190. The standard InChI is InChI=1S/C13H20BrNOS/c1-9(2)5-10(8-15)6-11(16)7-12-3-4-13(14)17-12/h3-4,9-10H,5-8,15H2,1-2H3. The molecule has 0 aliphatic heterocycles. The van der Waals surface area contributed by atoms with Gasteiger partial charge in [0.15, 0.2) is 0 Å². The molecule has 1 rings (SSSR count). The van der Waals surface area contributed by atoms with Gasteiger partial charge in [-0.1, -0.05) is 13.8 Å². The first-order valence-corrected chi connectivity index (χ1v) is 7.58. The van der Waals surface area contributed by atoms with Crippen molar-refractivity contribution in [2.45, 2.75) is 33.1 Å². The molecule has 0 aromatic carbocycles. The van der Waals surface area contributed by atoms with E-state index in [2.05, 4.69) is 29.8 Å². The molecular formula is C13H20BrNOS. The molecule has 0 bridgehead atoms. The highest BCUT2D eigenvalue weighted by Crippen LogP contribution is 2.23. The molecule has 1 unspecified atom stereocenters. The highest BCUT2D eigenvalue weighted by Gasteiger charge is 2.15. The van der Waals surface area contributed by atoms with Gasteiger partial charge in [-0.05, 0) is 52.9 Å². The highest BCUT2D eigenvalue weighted by atomic mass is 79.9. The maximum absolute atomic E-state index is 11.9. The molecule has 17 heavy (non-hydrogen) atoms. The maximum Gasteiger partial charge on any atom is 0.138 e. The first kappa shape index (κ1) is 14.9. The Morgan fingerprint density at radius 2 is 2.18 bits per heavy atom. The van der Waals surface area contributed by atoms with Crippen molar-refractivity contribution in [3.63, 3.8) is 0 Å². The molecule has 2 N–H and O–H groups in total. The summed E-state index contributed by atoms with van der Waals surface area (Å²) in [6.07, 6.45) is 2.20. The van der Waals surface area contributed by atoms with Crippen molar-refractivity contribution in [2.24, 2.45) is 17.6 Å². The summed E-state index contributed by atoms with van der Waals surface area (Å²) < 4.78 is 1.08. The molecule has 0 spiro atoms. The lowest BCUT2D eigenvalue weighted by molar-refractivity contribution is -0.119. The second kappa shape index (κ2) is 7.29. The number of rotatable bonds is 7. The summed E-state index contributed by atoms with van der Waals surface area (Å²) in [5.41, 5.74) is 5.71. The molecule has 96 valence electrons. The number of carbonyl (C=O) groups is 1. The summed E-state index contributed by atoms with van der Waals surface area (Å²) in [7, 11) is 0. The number of hydrogen-bond acceptors (Lipinski definition) is 3. The van der Waals surface area contributed by atoms with Gasteiger partial charge in [0.25, 0.3) is 0 Å². The molecule has 1 aromatic heterocycles. The van der Waals surface area contributed by atoms with Crippen molar-refractivity contribution >= 4 is 33.0 Å². The summed E-state index contributed by atoms with van der Waals surface area (Å²) >= 11 is 5.04. The Balaban J connectivity index is 2.42. The second-order valence-corrected chi connectivity index (χ2v) is 7.40. The summed E-state index contributed by atoms with van der Waals surface area (Å²) in [5.74, 6) is 1.24. The lowest BCUT2D eigenvalue weighted by atomic mass is 9.92. The third-order valence-corrected chi connectivity index (χ3v) is 4.28. The summed E-state index contributed by atoms with van der Waals surface area (Å²) in [6, 6.07) is 3.99. The van der Waals surface area contributed by atoms with Gasteiger partial charge in [-0.3, -0.25) is 4.79 Å². The van der Waals surface area contributed by atoms with Crippen LogP contribution in [0, 0.1) is 11.8 Å². The van der Waals surface area contributed by atoms with Gasteiger partial charge in [0.1, 0.15) is 5.78 Å². The topological polar surface area (TPSA) is 43.1 Å². The van der Waals surface area contributed by atoms with Crippen LogP contribution in [-0.4, -0.2) is 12.3 Å². The zero-order chi connectivity index (χ0) is 12.8. The van der Waals surface area contributed by atoms with Gasteiger partial charge < -0.3 is 5.73 Å². The number of ketones is 1. The van der Waals surface area contributed by atoms with Crippen LogP contribution in [0.1, 0.15) is 31.6 Å². The minimum Gasteiger partial charge on any atom is -0.330 e. The SMILES string of the molecule is CC(C)CC(CN)CC(=O)Cc1ccc(Br)s1. The molecule has 0 aliphatic rings. The average Bonchev–Trinajstić information content (AvgIpc) is 2.62. The average molecular weight is 318 g/mol. The first-order chi connectivity index (χ1) is 8.01. The largest absolute Gasteiger partial charge is 0.330 e. The molecule has 4 heteroatoms. The van der Waals surface area contributed by atoms with E-state index in [1.807, 2.05) is 12.1 Å². The first-order valence-electron chi connectivity index (χ1n) is 5.97. The van der Waals surface area contributed by atoms with Gasteiger partial charge in [0.2, 0.25) is 0 Å². The van der Waals surface area contributed by atoms with Gasteiger partial charge >= 0.3 is 0 Å². The van der Waals surface area contributed by atoms with E-state index in [1.165, 1.54) is 0 Å². The summed E-state index contributed by atoms with van der Waals surface area (Å²) in [6.45, 7) is 4.95. The zero-order valence-corrected chi connectivity index (χ0v) is 12.8. The predicted octanol–water partition coefficient (Wildman–Crippen LogP) is 3.63. The second-order valence-electron chi connectivity index (χ2n) is 4.86. The number of carbonyl (C=O) groups excluding carboxylic acids is 1. The molecule has 1 heterocycles. The Morgan fingerprint density at radius 3 is 2.65 bits per heavy atom. The molecule has 0 saturated carbocycles. The van der Waals surface area contributed by atoms with Crippen molar-refractivity contribution in [3.05, 3.63) is 20.8 Å². The molecule has 0 radical (unpaired) electrons. The van der Waals surface area contributed by atoms with Crippen LogP contribution in [0.25, 0.3) is 0 Å². The number of Topliss-reactive ketones (excluding diaryl/α,β-unsaturated/α-hetero) is 1. The molecule has 2 nitrogen and oxygen atoms in total. The third kappa shape index (κ3) is 5.80. The quantitative estimate of drug-likeness (QED) is 0.834. The van der Waals surface area contributed by atoms with Gasteiger partial charge in [-0.2, -0.15) is 0 Å². The lowest BCUT2D eigenvalue weighted by Gasteiger charge is -2.15. The number of thiophene rings is 1. The normalized spacial score (nSPS) is 13.0. The van der Waals surface area contributed by atoms with Gasteiger partial charge in [0, 0.05) is 17.7 Å². The summed E-state index contributed by atoms with van der Waals surface area (Å²) in [4.78, 5) is 13.0. The maximum atomic E-state index is 11.9. The van der Waals surface area contributed by atoms with Crippen molar-refractivity contribution in [2.75, 3.05) is 6.54 Å². The Labute approximate surface area is 116 Å². The Bertz CT molecular complexity index is 362. The molecule has 0 aliphatic carbocycles. The zero-order valence-electron chi connectivity index (χ0n) is 10.4. The van der Waals surface area contributed by atoms with Gasteiger partial charge in [-0.15, -0.1) is 11.3 Å². The van der Waals surface area contributed by atoms with E-state index in [0.717, 1.165) is 15.1 Å². The van der Waals surface area contributed by atoms with Crippen LogP contribution < -0.4 is 5.73 Å². The minimum atomic E-state index is 0.301. The van der Waals surface area contributed by atoms with Crippen LogP contribution in [0.2, 0.25) is 0 Å². The fraction of sp³-hybridized carbons (Fsp3) is 0.615. The van der Waals surface area contributed by atoms with Gasteiger partial charge in [0.05, 0.1) is 3.79 Å². The number of halogens is 1. The smallest absolute Gasteiger partial charge is 0.138 e. The molecule has 0 amide bonds. The van der Waals surface area contributed by atoms with Gasteiger partial charge in [-0.25, -0.2) is 0 Å². The number of nitrogens with two attached hydrogens (primary N) is 1.